The maximum absolute atomic E-state index is 4.61. The van der Waals surface area contributed by atoms with Crippen molar-refractivity contribution < 1.29 is 20.1 Å². The van der Waals surface area contributed by atoms with E-state index in [4.69, 9.17) is 0 Å². The van der Waals surface area contributed by atoms with E-state index in [9.17, 15) is 0 Å². The summed E-state index contributed by atoms with van der Waals surface area (Å²) in [6.45, 7) is 6.58. The van der Waals surface area contributed by atoms with Gasteiger partial charge in [0.1, 0.15) is 0 Å². The van der Waals surface area contributed by atoms with Gasteiger partial charge in [-0.25, -0.2) is 0 Å². The van der Waals surface area contributed by atoms with Gasteiger partial charge in [-0.2, -0.15) is 0 Å². The topological polar surface area (TPSA) is 30.7 Å². The molecule has 0 unspecified atom stereocenters. The number of pyridine rings is 2. The summed E-state index contributed by atoms with van der Waals surface area (Å²) >= 11 is 0. The summed E-state index contributed by atoms with van der Waals surface area (Å²) in [5.41, 5.74) is 17.6. The zero-order chi connectivity index (χ0) is 37.1. The molecule has 0 N–H and O–H groups in total. The first kappa shape index (κ1) is 35.8. The minimum Gasteiger partial charge on any atom is -0.328 e. The standard InChI is InChI=1S/C37H23N2.C15H16N.Ir/c1-2-10-24(11-3-1)39-34-20-23(33-16-8-9-19-38-33)17-18-25(34)30-21-31-32(22-35(30)39)37-28-14-6-4-12-26(28)36(31)27-13-5-7-15-29(27)37;1-15(2,3)13-9-10-14(16-11-13)12-7-5-4-6-8-12;/h1-16,18-22,36-37H;4-7,9-11H,1-3H3;/q2*-1;. The Morgan fingerprint density at radius 3 is 1.71 bits per heavy atom. The number of fused-ring (bicyclic) bond motifs is 3. The first-order valence-corrected chi connectivity index (χ1v) is 19.1. The molecule has 0 saturated heterocycles. The zero-order valence-corrected chi connectivity index (χ0v) is 33.9. The minimum absolute atomic E-state index is 0. The fraction of sp³-hybridized carbons (Fsp3) is 0.115. The molecule has 273 valence electrons. The van der Waals surface area contributed by atoms with Crippen LogP contribution in [0.15, 0.2) is 170 Å². The molecule has 0 atom stereocenters. The van der Waals surface area contributed by atoms with Crippen LogP contribution in [0.4, 0.5) is 0 Å². The third kappa shape index (κ3) is 6.01. The van der Waals surface area contributed by atoms with Crippen LogP contribution in [0.5, 0.6) is 0 Å². The molecule has 2 bridgehead atoms. The summed E-state index contributed by atoms with van der Waals surface area (Å²) in [6, 6.07) is 63.1. The molecule has 0 aliphatic heterocycles. The van der Waals surface area contributed by atoms with E-state index < -0.39 is 0 Å². The molecule has 0 spiro atoms. The van der Waals surface area contributed by atoms with Crippen LogP contribution in [0, 0.1) is 12.1 Å². The molecule has 0 saturated carbocycles. The number of benzene rings is 6. The second-order valence-corrected chi connectivity index (χ2v) is 15.6. The number of rotatable bonds is 3. The van der Waals surface area contributed by atoms with Gasteiger partial charge >= 0.3 is 0 Å². The average Bonchev–Trinajstić information content (AvgIpc) is 3.56. The molecule has 6 aromatic carbocycles. The van der Waals surface area contributed by atoms with Crippen molar-refractivity contribution in [3.63, 3.8) is 0 Å². The van der Waals surface area contributed by atoms with E-state index >= 15 is 0 Å². The maximum Gasteiger partial charge on any atom is 0.0444 e. The summed E-state index contributed by atoms with van der Waals surface area (Å²) in [5.74, 6) is 0.508. The Balaban J connectivity index is 0.000000204. The summed E-state index contributed by atoms with van der Waals surface area (Å²) < 4.78 is 2.42. The van der Waals surface area contributed by atoms with Crippen LogP contribution in [0.1, 0.15) is 71.6 Å². The predicted molar refractivity (Wildman–Crippen MR) is 225 cm³/mol. The average molecular weight is 898 g/mol. The Morgan fingerprint density at radius 2 is 1.12 bits per heavy atom. The van der Waals surface area contributed by atoms with E-state index in [1.807, 2.05) is 48.8 Å². The van der Waals surface area contributed by atoms with Crippen LogP contribution in [0.3, 0.4) is 0 Å². The number of hydrogen-bond donors (Lipinski definition) is 0. The van der Waals surface area contributed by atoms with Crippen molar-refractivity contribution in [2.45, 2.75) is 38.0 Å². The van der Waals surface area contributed by atoms with Gasteiger partial charge in [-0.05, 0) is 90.9 Å². The maximum atomic E-state index is 4.61. The summed E-state index contributed by atoms with van der Waals surface area (Å²) in [5, 5.41) is 2.50. The monoisotopic (exact) mass is 898 g/mol. The molecular formula is C52H39IrN3-2. The van der Waals surface area contributed by atoms with Gasteiger partial charge in [0.15, 0.2) is 0 Å². The summed E-state index contributed by atoms with van der Waals surface area (Å²) in [7, 11) is 0. The van der Waals surface area contributed by atoms with Crippen molar-refractivity contribution in [2.75, 3.05) is 0 Å². The predicted octanol–water partition coefficient (Wildman–Crippen LogP) is 12.5. The molecule has 1 radical (unpaired) electrons. The molecule has 3 aliphatic rings. The fourth-order valence-electron chi connectivity index (χ4n) is 8.69. The minimum atomic E-state index is 0. The smallest absolute Gasteiger partial charge is 0.0444 e. The van der Waals surface area contributed by atoms with E-state index in [0.717, 1.165) is 28.2 Å². The van der Waals surface area contributed by atoms with Crippen LogP contribution < -0.4 is 0 Å². The van der Waals surface area contributed by atoms with Crippen LogP contribution in [0.2, 0.25) is 0 Å². The number of para-hydroxylation sites is 1. The van der Waals surface area contributed by atoms with Crippen molar-refractivity contribution in [3.05, 3.63) is 221 Å². The summed E-state index contributed by atoms with van der Waals surface area (Å²) in [4.78, 5) is 9.09. The Labute approximate surface area is 342 Å². The molecule has 0 amide bonds. The van der Waals surface area contributed by atoms with Crippen LogP contribution in [0.25, 0.3) is 50.0 Å². The van der Waals surface area contributed by atoms with Crippen LogP contribution >= 0.6 is 0 Å². The zero-order valence-electron chi connectivity index (χ0n) is 31.5. The van der Waals surface area contributed by atoms with Crippen LogP contribution in [-0.4, -0.2) is 14.5 Å². The Morgan fingerprint density at radius 1 is 0.518 bits per heavy atom. The third-order valence-electron chi connectivity index (χ3n) is 11.3. The van der Waals surface area contributed by atoms with Gasteiger partial charge in [0, 0.05) is 55.5 Å². The molecule has 9 aromatic rings. The van der Waals surface area contributed by atoms with Gasteiger partial charge in [0.25, 0.3) is 0 Å². The van der Waals surface area contributed by atoms with Gasteiger partial charge < -0.3 is 14.5 Å². The number of hydrogen-bond acceptors (Lipinski definition) is 2. The largest absolute Gasteiger partial charge is 0.328 e. The van der Waals surface area contributed by atoms with Crippen molar-refractivity contribution in [2.24, 2.45) is 0 Å². The normalized spacial score (nSPS) is 14.9. The molecule has 4 heteroatoms. The first-order chi connectivity index (χ1) is 26.9. The van der Waals surface area contributed by atoms with E-state index in [0.29, 0.717) is 0 Å². The molecule has 3 aromatic heterocycles. The Hall–Kier alpha value is -5.93. The van der Waals surface area contributed by atoms with Crippen molar-refractivity contribution in [1.29, 1.82) is 0 Å². The molecular weight excluding hydrogens is 859 g/mol. The van der Waals surface area contributed by atoms with E-state index in [-0.39, 0.29) is 37.4 Å². The molecule has 0 fully saturated rings. The SMILES string of the molecule is CC(C)(C)c1ccc(-c2[c-]cccc2)nc1.[Ir].[c-]1cc2c3cc4c(cc3n(-c3ccccc3)c2cc1-c1ccccn1)C1c2ccccc2C4c2ccccc21. The number of aromatic nitrogens is 3. The molecule has 3 nitrogen and oxygen atoms in total. The third-order valence-corrected chi connectivity index (χ3v) is 11.3. The van der Waals surface area contributed by atoms with Gasteiger partial charge in [0.05, 0.1) is 0 Å². The van der Waals surface area contributed by atoms with Gasteiger partial charge in [-0.3, -0.25) is 0 Å². The Kier molecular flexibility index (Phi) is 9.12. The first-order valence-electron chi connectivity index (χ1n) is 19.1. The molecule has 3 heterocycles. The second-order valence-electron chi connectivity index (χ2n) is 15.6. The molecule has 3 aliphatic carbocycles. The second kappa shape index (κ2) is 14.3. The van der Waals surface area contributed by atoms with E-state index in [1.54, 1.807) is 0 Å². The quantitative estimate of drug-likeness (QED) is 0.165. The van der Waals surface area contributed by atoms with Crippen molar-refractivity contribution >= 4 is 21.8 Å². The fourth-order valence-corrected chi connectivity index (χ4v) is 8.69. The van der Waals surface area contributed by atoms with Crippen LogP contribution in [-0.2, 0) is 25.5 Å². The van der Waals surface area contributed by atoms with Gasteiger partial charge in [0.2, 0.25) is 0 Å². The van der Waals surface area contributed by atoms with Gasteiger partial charge in [-0.1, -0.05) is 123 Å². The van der Waals surface area contributed by atoms with E-state index in [1.165, 1.54) is 60.8 Å². The Bertz CT molecular complexity index is 2790. The number of nitrogens with zero attached hydrogens (tertiary/aromatic N) is 3. The van der Waals surface area contributed by atoms with E-state index in [2.05, 4.69) is 169 Å². The molecule has 12 rings (SSSR count). The van der Waals surface area contributed by atoms with Gasteiger partial charge in [-0.15, -0.1) is 59.7 Å². The van der Waals surface area contributed by atoms with Crippen molar-refractivity contribution in [3.8, 4) is 28.2 Å². The molecule has 56 heavy (non-hydrogen) atoms. The summed E-state index contributed by atoms with van der Waals surface area (Å²) in [6.07, 6.45) is 3.80. The van der Waals surface area contributed by atoms with Crippen molar-refractivity contribution in [1.82, 2.24) is 14.5 Å².